The zero-order chi connectivity index (χ0) is 30.0. The van der Waals surface area contributed by atoms with E-state index in [0.717, 1.165) is 0 Å². The lowest BCUT2D eigenvalue weighted by Crippen LogP contribution is -2.61. The monoisotopic (exact) mass is 580 g/mol. The van der Waals surface area contributed by atoms with Crippen molar-refractivity contribution >= 4 is 24.1 Å². The number of hydrogen-bond acceptors (Lipinski definition) is 13. The fourth-order valence-electron chi connectivity index (χ4n) is 4.19. The standard InChI is InChI=1S/C26H28O15/c27-12-7-11(8-14(9-12)39-26-20(33)16(29)18(31)22(41-26)24(36)37)2-1-10-3-5-13(6-4-10)38-25-19(32)15(28)17(30)21(40-25)23(34)35/h1-9,15-22,25-33H,(H,34,35)(H,36,37)/b2-1+/t15-,16-,17-,18-,19+,20+,21-,22-,25+,26+/m0/s1. The Balaban J connectivity index is 1.42. The summed E-state index contributed by atoms with van der Waals surface area (Å²) in [4.78, 5) is 22.5. The van der Waals surface area contributed by atoms with E-state index in [1.807, 2.05) is 0 Å². The van der Waals surface area contributed by atoms with Gasteiger partial charge in [0.15, 0.2) is 12.2 Å². The molecule has 2 aliphatic heterocycles. The summed E-state index contributed by atoms with van der Waals surface area (Å²) < 4.78 is 21.1. The van der Waals surface area contributed by atoms with Crippen LogP contribution >= 0.6 is 0 Å². The number of aliphatic carboxylic acids is 2. The smallest absolute Gasteiger partial charge is 0.335 e. The summed E-state index contributed by atoms with van der Waals surface area (Å²) in [5, 5.41) is 88.1. The first-order valence-electron chi connectivity index (χ1n) is 12.2. The predicted octanol–water partition coefficient (Wildman–Crippen LogP) is -1.90. The Hall–Kier alpha value is -3.80. The molecule has 0 aliphatic carbocycles. The molecule has 15 nitrogen and oxygen atoms in total. The molecule has 2 saturated heterocycles. The molecule has 0 unspecified atom stereocenters. The average Bonchev–Trinajstić information content (AvgIpc) is 2.92. The molecule has 2 aromatic carbocycles. The number of ether oxygens (including phenoxy) is 4. The molecule has 0 spiro atoms. The maximum absolute atomic E-state index is 11.3. The van der Waals surface area contributed by atoms with E-state index in [0.29, 0.717) is 11.1 Å². The summed E-state index contributed by atoms with van der Waals surface area (Å²) in [5.74, 6) is -3.24. The van der Waals surface area contributed by atoms with Gasteiger partial charge in [-0.1, -0.05) is 24.3 Å². The van der Waals surface area contributed by atoms with Gasteiger partial charge in [0.25, 0.3) is 0 Å². The number of rotatable bonds is 8. The summed E-state index contributed by atoms with van der Waals surface area (Å²) in [6.45, 7) is 0. The molecule has 41 heavy (non-hydrogen) atoms. The van der Waals surface area contributed by atoms with Gasteiger partial charge in [-0.25, -0.2) is 9.59 Å². The number of phenols is 1. The predicted molar refractivity (Wildman–Crippen MR) is 133 cm³/mol. The van der Waals surface area contributed by atoms with E-state index in [4.69, 9.17) is 24.1 Å². The molecule has 222 valence electrons. The quantitative estimate of drug-likeness (QED) is 0.155. The molecular formula is C26H28O15. The Morgan fingerprint density at radius 3 is 1.56 bits per heavy atom. The Morgan fingerprint density at radius 1 is 0.610 bits per heavy atom. The van der Waals surface area contributed by atoms with E-state index in [9.17, 15) is 50.4 Å². The number of benzene rings is 2. The maximum atomic E-state index is 11.3. The fourth-order valence-corrected chi connectivity index (χ4v) is 4.19. The molecular weight excluding hydrogens is 552 g/mol. The van der Waals surface area contributed by atoms with Crippen LogP contribution in [0.2, 0.25) is 0 Å². The molecule has 2 fully saturated rings. The van der Waals surface area contributed by atoms with Crippen molar-refractivity contribution in [1.82, 2.24) is 0 Å². The van der Waals surface area contributed by atoms with E-state index in [-0.39, 0.29) is 17.2 Å². The van der Waals surface area contributed by atoms with Gasteiger partial charge in [0.1, 0.15) is 53.9 Å². The molecule has 2 aliphatic rings. The Morgan fingerprint density at radius 2 is 1.07 bits per heavy atom. The number of aliphatic hydroxyl groups is 6. The van der Waals surface area contributed by atoms with Gasteiger partial charge in [-0.15, -0.1) is 0 Å². The van der Waals surface area contributed by atoms with Crippen LogP contribution in [0.25, 0.3) is 12.2 Å². The van der Waals surface area contributed by atoms with Gasteiger partial charge in [0, 0.05) is 6.07 Å². The summed E-state index contributed by atoms with van der Waals surface area (Å²) in [7, 11) is 0. The van der Waals surface area contributed by atoms with Crippen molar-refractivity contribution in [2.24, 2.45) is 0 Å². The van der Waals surface area contributed by atoms with E-state index in [1.54, 1.807) is 24.3 Å². The lowest BCUT2D eigenvalue weighted by atomic mass is 9.99. The Bertz CT molecular complexity index is 1260. The number of hydrogen-bond donors (Lipinski definition) is 9. The molecule has 0 saturated carbocycles. The summed E-state index contributed by atoms with van der Waals surface area (Å²) >= 11 is 0. The van der Waals surface area contributed by atoms with Gasteiger partial charge >= 0.3 is 11.9 Å². The first-order valence-corrected chi connectivity index (χ1v) is 12.2. The minimum atomic E-state index is -1.89. The molecule has 0 amide bonds. The highest BCUT2D eigenvalue weighted by Gasteiger charge is 2.49. The molecule has 4 rings (SSSR count). The van der Waals surface area contributed by atoms with Crippen molar-refractivity contribution in [3.05, 3.63) is 53.6 Å². The Kier molecular flexibility index (Phi) is 9.11. The van der Waals surface area contributed by atoms with Gasteiger partial charge in [-0.2, -0.15) is 0 Å². The third-order valence-corrected chi connectivity index (χ3v) is 6.39. The zero-order valence-electron chi connectivity index (χ0n) is 20.9. The topological polar surface area (TPSA) is 253 Å². The van der Waals surface area contributed by atoms with Crippen LogP contribution in [-0.4, -0.2) is 119 Å². The molecule has 0 bridgehead atoms. The van der Waals surface area contributed by atoms with Crippen molar-refractivity contribution in [1.29, 1.82) is 0 Å². The van der Waals surface area contributed by atoms with Crippen LogP contribution in [0.5, 0.6) is 17.2 Å². The minimum Gasteiger partial charge on any atom is -0.508 e. The molecule has 9 N–H and O–H groups in total. The second-order valence-corrected chi connectivity index (χ2v) is 9.37. The minimum absolute atomic E-state index is 0.0387. The third kappa shape index (κ3) is 6.75. The summed E-state index contributed by atoms with van der Waals surface area (Å²) in [6.07, 6.45) is -14.6. The molecule has 0 aromatic heterocycles. The number of carboxylic acids is 2. The van der Waals surface area contributed by atoms with E-state index in [1.165, 1.54) is 30.3 Å². The van der Waals surface area contributed by atoms with Gasteiger partial charge < -0.3 is 64.9 Å². The van der Waals surface area contributed by atoms with Crippen LogP contribution in [0.3, 0.4) is 0 Å². The number of carbonyl (C=O) groups is 2. The van der Waals surface area contributed by atoms with Crippen molar-refractivity contribution in [2.75, 3.05) is 0 Å². The van der Waals surface area contributed by atoms with Gasteiger partial charge in [0.2, 0.25) is 12.6 Å². The lowest BCUT2D eigenvalue weighted by Gasteiger charge is -2.38. The molecule has 10 atom stereocenters. The van der Waals surface area contributed by atoms with Crippen LogP contribution < -0.4 is 9.47 Å². The van der Waals surface area contributed by atoms with Gasteiger partial charge in [-0.05, 0) is 35.4 Å². The number of aliphatic hydroxyl groups excluding tert-OH is 6. The van der Waals surface area contributed by atoms with E-state index in [2.05, 4.69) is 0 Å². The summed E-state index contributed by atoms with van der Waals surface area (Å²) in [6, 6.07) is 10.1. The number of carboxylic acid groups (broad SMARTS) is 2. The Labute approximate surface area is 231 Å². The number of phenolic OH excluding ortho intramolecular Hbond substituents is 1. The highest BCUT2D eigenvalue weighted by atomic mass is 16.7. The molecule has 15 heteroatoms. The van der Waals surface area contributed by atoms with Crippen molar-refractivity contribution < 1.29 is 74.5 Å². The summed E-state index contributed by atoms with van der Waals surface area (Å²) in [5.41, 5.74) is 1.03. The maximum Gasteiger partial charge on any atom is 0.335 e. The normalized spacial score (nSPS) is 33.8. The number of aromatic hydroxyl groups is 1. The second kappa shape index (κ2) is 12.4. The van der Waals surface area contributed by atoms with Crippen LogP contribution in [0.15, 0.2) is 42.5 Å². The third-order valence-electron chi connectivity index (χ3n) is 6.39. The highest BCUT2D eigenvalue weighted by molar-refractivity contribution is 5.74. The largest absolute Gasteiger partial charge is 0.508 e. The van der Waals surface area contributed by atoms with Crippen LogP contribution in [0, 0.1) is 0 Å². The molecule has 2 heterocycles. The molecule has 0 radical (unpaired) electrons. The van der Waals surface area contributed by atoms with Crippen LogP contribution in [-0.2, 0) is 19.1 Å². The van der Waals surface area contributed by atoms with E-state index >= 15 is 0 Å². The van der Waals surface area contributed by atoms with Crippen molar-refractivity contribution in [3.8, 4) is 17.2 Å². The van der Waals surface area contributed by atoms with Gasteiger partial charge in [0.05, 0.1) is 0 Å². The van der Waals surface area contributed by atoms with Crippen molar-refractivity contribution in [2.45, 2.75) is 61.4 Å². The van der Waals surface area contributed by atoms with Crippen LogP contribution in [0.4, 0.5) is 0 Å². The van der Waals surface area contributed by atoms with Gasteiger partial charge in [-0.3, -0.25) is 0 Å². The first-order chi connectivity index (χ1) is 19.3. The van der Waals surface area contributed by atoms with Crippen molar-refractivity contribution in [3.63, 3.8) is 0 Å². The SMILES string of the molecule is O=C(O)[C@H]1O[C@@H](Oc2ccc(/C=C/c3cc(O)cc(O[C@@H]4O[C@H](C(=O)O)[C@@H](O)[C@H](O)[C@H]4O)c3)cc2)[C@H](O)[C@@H](O)[C@@H]1O. The van der Waals surface area contributed by atoms with Crippen LogP contribution in [0.1, 0.15) is 11.1 Å². The zero-order valence-corrected chi connectivity index (χ0v) is 20.9. The fraction of sp³-hybridized carbons (Fsp3) is 0.385. The second-order valence-electron chi connectivity index (χ2n) is 9.37. The highest BCUT2D eigenvalue weighted by Crippen LogP contribution is 2.29. The van der Waals surface area contributed by atoms with E-state index < -0.39 is 73.4 Å². The first kappa shape index (κ1) is 30.2. The lowest BCUT2D eigenvalue weighted by molar-refractivity contribution is -0.271. The average molecular weight is 580 g/mol. The molecule has 2 aromatic rings.